The van der Waals surface area contributed by atoms with Gasteiger partial charge in [0.2, 0.25) is 5.91 Å². The van der Waals surface area contributed by atoms with Crippen molar-refractivity contribution < 1.29 is 14.3 Å². The first-order chi connectivity index (χ1) is 8.90. The third-order valence-electron chi connectivity index (χ3n) is 3.02. The van der Waals surface area contributed by atoms with E-state index in [1.165, 1.54) is 24.3 Å². The molecule has 0 aromatic heterocycles. The van der Waals surface area contributed by atoms with E-state index in [2.05, 4.69) is 19.2 Å². The third-order valence-corrected chi connectivity index (χ3v) is 3.02. The van der Waals surface area contributed by atoms with Gasteiger partial charge in [0.15, 0.2) is 0 Å². The van der Waals surface area contributed by atoms with Crippen molar-refractivity contribution in [2.24, 2.45) is 5.92 Å². The van der Waals surface area contributed by atoms with E-state index in [1.807, 2.05) is 0 Å². The molecular weight excluding hydrogens is 245 g/mol. The van der Waals surface area contributed by atoms with Crippen molar-refractivity contribution >= 4 is 5.91 Å². The highest BCUT2D eigenvalue weighted by molar-refractivity contribution is 5.76. The van der Waals surface area contributed by atoms with Gasteiger partial charge < -0.3 is 10.4 Å². The number of hydrogen-bond donors (Lipinski definition) is 2. The predicted molar refractivity (Wildman–Crippen MR) is 73.0 cm³/mol. The standard InChI is InChI=1S/C15H22FNO2/c1-10(2)4-9-14(18)17-11(3)15(19)12-5-7-13(16)8-6-12/h5-8,10-11,15,19H,4,9H2,1-3H3,(H,17,18). The number of hydrogen-bond acceptors (Lipinski definition) is 2. The number of carbonyl (C=O) groups excluding carboxylic acids is 1. The summed E-state index contributed by atoms with van der Waals surface area (Å²) < 4.78 is 12.8. The average molecular weight is 267 g/mol. The van der Waals surface area contributed by atoms with Crippen LogP contribution >= 0.6 is 0 Å². The fourth-order valence-electron chi connectivity index (χ4n) is 1.77. The first-order valence-corrected chi connectivity index (χ1v) is 6.63. The maximum atomic E-state index is 12.8. The fraction of sp³-hybridized carbons (Fsp3) is 0.533. The van der Waals surface area contributed by atoms with Crippen LogP contribution < -0.4 is 5.32 Å². The molecule has 106 valence electrons. The van der Waals surface area contributed by atoms with Crippen LogP contribution in [0.2, 0.25) is 0 Å². The number of benzene rings is 1. The topological polar surface area (TPSA) is 49.3 Å². The molecule has 2 atom stereocenters. The zero-order chi connectivity index (χ0) is 14.4. The Morgan fingerprint density at radius 1 is 1.26 bits per heavy atom. The Balaban J connectivity index is 2.50. The summed E-state index contributed by atoms with van der Waals surface area (Å²) in [5.74, 6) is 0.0648. The second-order valence-electron chi connectivity index (χ2n) is 5.29. The number of aliphatic hydroxyl groups is 1. The van der Waals surface area contributed by atoms with E-state index in [0.717, 1.165) is 6.42 Å². The van der Waals surface area contributed by atoms with Crippen molar-refractivity contribution in [1.82, 2.24) is 5.32 Å². The Labute approximate surface area is 113 Å². The second kappa shape index (κ2) is 7.24. The van der Waals surface area contributed by atoms with E-state index in [-0.39, 0.29) is 11.7 Å². The van der Waals surface area contributed by atoms with Crippen LogP contribution in [0.1, 0.15) is 45.3 Å². The summed E-state index contributed by atoms with van der Waals surface area (Å²) in [6.07, 6.45) is 0.451. The zero-order valence-corrected chi connectivity index (χ0v) is 11.7. The van der Waals surface area contributed by atoms with Gasteiger partial charge in [0.1, 0.15) is 5.82 Å². The lowest BCUT2D eigenvalue weighted by atomic mass is 10.0. The summed E-state index contributed by atoms with van der Waals surface area (Å²) in [4.78, 5) is 11.7. The maximum absolute atomic E-state index is 12.8. The molecule has 3 nitrogen and oxygen atoms in total. The van der Waals surface area contributed by atoms with E-state index < -0.39 is 12.1 Å². The van der Waals surface area contributed by atoms with Crippen molar-refractivity contribution in [3.8, 4) is 0 Å². The first kappa shape index (κ1) is 15.6. The van der Waals surface area contributed by atoms with Gasteiger partial charge in [-0.1, -0.05) is 26.0 Å². The fourth-order valence-corrected chi connectivity index (χ4v) is 1.77. The molecule has 0 fully saturated rings. The van der Waals surface area contributed by atoms with E-state index in [0.29, 0.717) is 17.9 Å². The maximum Gasteiger partial charge on any atom is 0.220 e. The molecule has 0 aliphatic rings. The molecule has 0 heterocycles. The number of halogens is 1. The van der Waals surface area contributed by atoms with Crippen LogP contribution in [0.4, 0.5) is 4.39 Å². The number of amides is 1. The number of nitrogens with one attached hydrogen (secondary N) is 1. The lowest BCUT2D eigenvalue weighted by Gasteiger charge is -2.21. The molecule has 0 aliphatic heterocycles. The molecular formula is C15H22FNO2. The Morgan fingerprint density at radius 2 is 1.84 bits per heavy atom. The second-order valence-corrected chi connectivity index (χ2v) is 5.29. The quantitative estimate of drug-likeness (QED) is 0.832. The molecule has 1 amide bonds. The summed E-state index contributed by atoms with van der Waals surface area (Å²) in [6, 6.07) is 5.25. The minimum absolute atomic E-state index is 0.0673. The van der Waals surface area contributed by atoms with Crippen molar-refractivity contribution in [3.63, 3.8) is 0 Å². The Morgan fingerprint density at radius 3 is 2.37 bits per heavy atom. The minimum Gasteiger partial charge on any atom is -0.386 e. The molecule has 2 N–H and O–H groups in total. The largest absolute Gasteiger partial charge is 0.386 e. The molecule has 19 heavy (non-hydrogen) atoms. The molecule has 0 spiro atoms. The monoisotopic (exact) mass is 267 g/mol. The lowest BCUT2D eigenvalue weighted by molar-refractivity contribution is -0.122. The molecule has 0 radical (unpaired) electrons. The molecule has 0 aliphatic carbocycles. The summed E-state index contributed by atoms with van der Waals surface area (Å²) >= 11 is 0. The van der Waals surface area contributed by atoms with Crippen LogP contribution in [0, 0.1) is 11.7 Å². The van der Waals surface area contributed by atoms with Gasteiger partial charge in [-0.2, -0.15) is 0 Å². The molecule has 0 saturated heterocycles. The predicted octanol–water partition coefficient (Wildman–Crippen LogP) is 2.80. The van der Waals surface area contributed by atoms with Crippen molar-refractivity contribution in [2.75, 3.05) is 0 Å². The van der Waals surface area contributed by atoms with Gasteiger partial charge in [-0.15, -0.1) is 0 Å². The highest BCUT2D eigenvalue weighted by Gasteiger charge is 2.18. The van der Waals surface area contributed by atoms with Gasteiger partial charge in [0.05, 0.1) is 12.1 Å². The summed E-state index contributed by atoms with van der Waals surface area (Å²) in [7, 11) is 0. The summed E-state index contributed by atoms with van der Waals surface area (Å²) in [5, 5.41) is 12.8. The van der Waals surface area contributed by atoms with Crippen molar-refractivity contribution in [1.29, 1.82) is 0 Å². The molecule has 1 aromatic carbocycles. The summed E-state index contributed by atoms with van der Waals surface area (Å²) in [5.41, 5.74) is 0.595. The number of carbonyl (C=O) groups is 1. The van der Waals surface area contributed by atoms with Gasteiger partial charge in [0.25, 0.3) is 0 Å². The third kappa shape index (κ3) is 5.39. The molecule has 1 rings (SSSR count). The van der Waals surface area contributed by atoms with Crippen LogP contribution in [0.15, 0.2) is 24.3 Å². The van der Waals surface area contributed by atoms with E-state index in [9.17, 15) is 14.3 Å². The van der Waals surface area contributed by atoms with Gasteiger partial charge in [0, 0.05) is 6.42 Å². The van der Waals surface area contributed by atoms with E-state index >= 15 is 0 Å². The molecule has 4 heteroatoms. The van der Waals surface area contributed by atoms with Crippen molar-refractivity contribution in [2.45, 2.75) is 45.8 Å². The molecule has 1 aromatic rings. The number of aliphatic hydroxyl groups excluding tert-OH is 1. The van der Waals surface area contributed by atoms with Gasteiger partial charge in [-0.3, -0.25) is 4.79 Å². The van der Waals surface area contributed by atoms with E-state index in [1.54, 1.807) is 6.92 Å². The van der Waals surface area contributed by atoms with Gasteiger partial charge in [-0.05, 0) is 37.0 Å². The van der Waals surface area contributed by atoms with Gasteiger partial charge >= 0.3 is 0 Å². The van der Waals surface area contributed by atoms with Gasteiger partial charge in [-0.25, -0.2) is 4.39 Å². The Hall–Kier alpha value is -1.42. The van der Waals surface area contributed by atoms with Crippen LogP contribution in [-0.4, -0.2) is 17.1 Å². The lowest BCUT2D eigenvalue weighted by Crippen LogP contribution is -2.37. The zero-order valence-electron chi connectivity index (χ0n) is 11.7. The summed E-state index contributed by atoms with van der Waals surface area (Å²) in [6.45, 7) is 5.86. The highest BCUT2D eigenvalue weighted by Crippen LogP contribution is 2.17. The number of rotatable bonds is 6. The normalized spacial score (nSPS) is 14.2. The van der Waals surface area contributed by atoms with Crippen LogP contribution in [0.5, 0.6) is 0 Å². The van der Waals surface area contributed by atoms with Crippen LogP contribution in [0.25, 0.3) is 0 Å². The molecule has 0 saturated carbocycles. The molecule has 2 unspecified atom stereocenters. The Kier molecular flexibility index (Phi) is 5.96. The van der Waals surface area contributed by atoms with E-state index in [4.69, 9.17) is 0 Å². The smallest absolute Gasteiger partial charge is 0.220 e. The minimum atomic E-state index is -0.830. The Bertz CT molecular complexity index is 403. The SMILES string of the molecule is CC(C)CCC(=O)NC(C)C(O)c1ccc(F)cc1. The van der Waals surface area contributed by atoms with Crippen LogP contribution in [0.3, 0.4) is 0 Å². The average Bonchev–Trinajstić information content (AvgIpc) is 2.36. The molecule has 0 bridgehead atoms. The van der Waals surface area contributed by atoms with Crippen LogP contribution in [-0.2, 0) is 4.79 Å². The van der Waals surface area contributed by atoms with Crippen molar-refractivity contribution in [3.05, 3.63) is 35.6 Å². The highest BCUT2D eigenvalue weighted by atomic mass is 19.1. The first-order valence-electron chi connectivity index (χ1n) is 6.63.